The van der Waals surface area contributed by atoms with Crippen LogP contribution in [0, 0.1) is 0 Å². The summed E-state index contributed by atoms with van der Waals surface area (Å²) in [5.41, 5.74) is -0.263. The van der Waals surface area contributed by atoms with Crippen LogP contribution in [-0.2, 0) is 11.3 Å². The lowest BCUT2D eigenvalue weighted by Crippen LogP contribution is -2.32. The number of hydrogen-bond acceptors (Lipinski definition) is 3. The maximum Gasteiger partial charge on any atom is 0.254 e. The number of hydrogen-bond donors (Lipinski definition) is 1. The van der Waals surface area contributed by atoms with Crippen LogP contribution in [0.3, 0.4) is 0 Å². The topological polar surface area (TPSA) is 60.3 Å². The first-order valence-corrected chi connectivity index (χ1v) is 6.58. The highest BCUT2D eigenvalue weighted by Crippen LogP contribution is 2.21. The Balaban J connectivity index is 2.70. The molecule has 0 radical (unpaired) electrons. The number of rotatable bonds is 6. The Hall–Kier alpha value is -1.30. The highest BCUT2D eigenvalue weighted by atomic mass is 79.9. The molecule has 0 aliphatic rings. The van der Waals surface area contributed by atoms with Crippen LogP contribution in [0.4, 0.5) is 0 Å². The van der Waals surface area contributed by atoms with Crippen LogP contribution in [0.2, 0.25) is 0 Å². The van der Waals surface area contributed by atoms with E-state index in [1.54, 1.807) is 6.20 Å². The van der Waals surface area contributed by atoms with Gasteiger partial charge in [-0.1, -0.05) is 13.3 Å². The molecule has 0 fully saturated rings. The van der Waals surface area contributed by atoms with E-state index in [1.807, 2.05) is 0 Å². The molecule has 0 aromatic carbocycles. The van der Waals surface area contributed by atoms with Gasteiger partial charge in [-0.05, 0) is 22.4 Å². The number of unbranched alkanes of at least 4 members (excludes halogenated alkanes) is 1. The highest BCUT2D eigenvalue weighted by molar-refractivity contribution is 9.10. The van der Waals surface area contributed by atoms with Crippen molar-refractivity contribution in [1.82, 2.24) is 9.88 Å². The van der Waals surface area contributed by atoms with Gasteiger partial charge >= 0.3 is 0 Å². The first-order valence-electron chi connectivity index (χ1n) is 5.79. The third kappa shape index (κ3) is 4.18. The SMILES string of the molecule is CCCCNC(=O)Cn1cc(Br)c(OC)cc1=O. The first-order chi connectivity index (χ1) is 8.58. The Labute approximate surface area is 114 Å². The molecule has 0 saturated carbocycles. The van der Waals surface area contributed by atoms with E-state index in [1.165, 1.54) is 17.7 Å². The number of nitrogens with one attached hydrogen (secondary N) is 1. The highest BCUT2D eigenvalue weighted by Gasteiger charge is 2.08. The fourth-order valence-corrected chi connectivity index (χ4v) is 1.95. The third-order valence-electron chi connectivity index (χ3n) is 2.43. The molecule has 6 heteroatoms. The van der Waals surface area contributed by atoms with Crippen LogP contribution in [-0.4, -0.2) is 24.1 Å². The zero-order valence-electron chi connectivity index (χ0n) is 10.5. The van der Waals surface area contributed by atoms with Crippen LogP contribution in [0.1, 0.15) is 19.8 Å². The van der Waals surface area contributed by atoms with Crippen molar-refractivity contribution in [3.63, 3.8) is 0 Å². The predicted octanol–water partition coefficient (Wildman–Crippen LogP) is 1.54. The zero-order chi connectivity index (χ0) is 13.5. The molecule has 1 heterocycles. The average Bonchev–Trinajstić information content (AvgIpc) is 2.33. The molecule has 0 unspecified atom stereocenters. The molecule has 1 aromatic rings. The zero-order valence-corrected chi connectivity index (χ0v) is 12.1. The van der Waals surface area contributed by atoms with Crippen molar-refractivity contribution in [3.05, 3.63) is 27.1 Å². The van der Waals surface area contributed by atoms with E-state index in [4.69, 9.17) is 4.74 Å². The molecule has 18 heavy (non-hydrogen) atoms. The molecule has 0 saturated heterocycles. The minimum Gasteiger partial charge on any atom is -0.495 e. The smallest absolute Gasteiger partial charge is 0.254 e. The Bertz CT molecular complexity index is 471. The Morgan fingerprint density at radius 2 is 2.28 bits per heavy atom. The van der Waals surface area contributed by atoms with Crippen molar-refractivity contribution >= 4 is 21.8 Å². The second-order valence-corrected chi connectivity index (χ2v) is 4.71. The maximum absolute atomic E-state index is 11.7. The van der Waals surface area contributed by atoms with Crippen molar-refractivity contribution in [3.8, 4) is 5.75 Å². The van der Waals surface area contributed by atoms with E-state index in [0.29, 0.717) is 16.8 Å². The fourth-order valence-electron chi connectivity index (χ4n) is 1.42. The predicted molar refractivity (Wildman–Crippen MR) is 72.9 cm³/mol. The quantitative estimate of drug-likeness (QED) is 0.810. The van der Waals surface area contributed by atoms with Gasteiger partial charge in [0.25, 0.3) is 5.56 Å². The molecular formula is C12H17BrN2O3. The van der Waals surface area contributed by atoms with Crippen LogP contribution in [0.15, 0.2) is 21.5 Å². The normalized spacial score (nSPS) is 10.2. The lowest BCUT2D eigenvalue weighted by atomic mass is 10.3. The number of ether oxygens (including phenoxy) is 1. The lowest BCUT2D eigenvalue weighted by molar-refractivity contribution is -0.121. The number of halogens is 1. The molecule has 0 aliphatic heterocycles. The van der Waals surface area contributed by atoms with E-state index < -0.39 is 0 Å². The van der Waals surface area contributed by atoms with Gasteiger partial charge in [-0.3, -0.25) is 9.59 Å². The number of pyridine rings is 1. The van der Waals surface area contributed by atoms with E-state index in [-0.39, 0.29) is 18.0 Å². The van der Waals surface area contributed by atoms with Gasteiger partial charge in [-0.25, -0.2) is 0 Å². The molecule has 1 rings (SSSR count). The van der Waals surface area contributed by atoms with Gasteiger partial charge in [0.05, 0.1) is 11.6 Å². The second kappa shape index (κ2) is 7.20. The number of carbonyl (C=O) groups excluding carboxylic acids is 1. The summed E-state index contributed by atoms with van der Waals surface area (Å²) >= 11 is 3.28. The van der Waals surface area contributed by atoms with Gasteiger partial charge in [0.15, 0.2) is 0 Å². The number of aromatic nitrogens is 1. The molecule has 0 bridgehead atoms. The summed E-state index contributed by atoms with van der Waals surface area (Å²) in [4.78, 5) is 23.3. The van der Waals surface area contributed by atoms with Crippen molar-refractivity contribution < 1.29 is 9.53 Å². The van der Waals surface area contributed by atoms with E-state index in [0.717, 1.165) is 12.8 Å². The Kier molecular flexibility index (Phi) is 5.91. The monoisotopic (exact) mass is 316 g/mol. The summed E-state index contributed by atoms with van der Waals surface area (Å²) in [6.07, 6.45) is 3.52. The Morgan fingerprint density at radius 3 is 2.89 bits per heavy atom. The number of nitrogens with zero attached hydrogens (tertiary/aromatic N) is 1. The average molecular weight is 317 g/mol. The van der Waals surface area contributed by atoms with Gasteiger partial charge in [-0.2, -0.15) is 0 Å². The molecule has 1 N–H and O–H groups in total. The van der Waals surface area contributed by atoms with E-state index in [9.17, 15) is 9.59 Å². The summed E-state index contributed by atoms with van der Waals surface area (Å²) in [5.74, 6) is 0.297. The van der Waals surface area contributed by atoms with Crippen molar-refractivity contribution in [1.29, 1.82) is 0 Å². The van der Waals surface area contributed by atoms with Gasteiger partial charge in [0, 0.05) is 18.8 Å². The van der Waals surface area contributed by atoms with Gasteiger partial charge in [-0.15, -0.1) is 0 Å². The van der Waals surface area contributed by atoms with Crippen molar-refractivity contribution in [2.45, 2.75) is 26.3 Å². The van der Waals surface area contributed by atoms with Crippen LogP contribution >= 0.6 is 15.9 Å². The summed E-state index contributed by atoms with van der Waals surface area (Å²) < 4.78 is 6.99. The van der Waals surface area contributed by atoms with E-state index >= 15 is 0 Å². The number of carbonyl (C=O) groups is 1. The minimum absolute atomic E-state index is 0.0190. The molecular weight excluding hydrogens is 300 g/mol. The fraction of sp³-hybridized carbons (Fsp3) is 0.500. The standard InChI is InChI=1S/C12H17BrN2O3/c1-3-4-5-14-11(16)8-15-7-9(13)10(18-2)6-12(15)17/h6-7H,3-5,8H2,1-2H3,(H,14,16). The molecule has 1 amide bonds. The molecule has 5 nitrogen and oxygen atoms in total. The molecule has 1 aromatic heterocycles. The first kappa shape index (κ1) is 14.8. The lowest BCUT2D eigenvalue weighted by Gasteiger charge is -2.09. The maximum atomic E-state index is 11.7. The molecule has 100 valence electrons. The van der Waals surface area contributed by atoms with Crippen LogP contribution < -0.4 is 15.6 Å². The molecule has 0 spiro atoms. The minimum atomic E-state index is -0.263. The van der Waals surface area contributed by atoms with E-state index in [2.05, 4.69) is 28.2 Å². The Morgan fingerprint density at radius 1 is 1.56 bits per heavy atom. The summed E-state index contributed by atoms with van der Waals surface area (Å²) in [6, 6.07) is 1.35. The van der Waals surface area contributed by atoms with Crippen molar-refractivity contribution in [2.24, 2.45) is 0 Å². The summed E-state index contributed by atoms with van der Waals surface area (Å²) in [7, 11) is 1.49. The number of amides is 1. The summed E-state index contributed by atoms with van der Waals surface area (Å²) in [6.45, 7) is 2.71. The van der Waals surface area contributed by atoms with Crippen LogP contribution in [0.25, 0.3) is 0 Å². The summed E-state index contributed by atoms with van der Waals surface area (Å²) in [5, 5.41) is 2.76. The van der Waals surface area contributed by atoms with Gasteiger partial charge in [0.1, 0.15) is 12.3 Å². The number of methoxy groups -OCH3 is 1. The van der Waals surface area contributed by atoms with Gasteiger partial charge in [0.2, 0.25) is 5.91 Å². The second-order valence-electron chi connectivity index (χ2n) is 3.86. The third-order valence-corrected chi connectivity index (χ3v) is 3.02. The molecule has 0 atom stereocenters. The van der Waals surface area contributed by atoms with Crippen LogP contribution in [0.5, 0.6) is 5.75 Å². The molecule has 0 aliphatic carbocycles. The van der Waals surface area contributed by atoms with Crippen molar-refractivity contribution in [2.75, 3.05) is 13.7 Å². The van der Waals surface area contributed by atoms with Gasteiger partial charge < -0.3 is 14.6 Å². The largest absolute Gasteiger partial charge is 0.495 e.